The van der Waals surface area contributed by atoms with E-state index in [-0.39, 0.29) is 17.1 Å². The van der Waals surface area contributed by atoms with E-state index in [9.17, 15) is 14.3 Å². The van der Waals surface area contributed by atoms with Crippen molar-refractivity contribution >= 4 is 23.1 Å². The number of hydrogen-bond donors (Lipinski definition) is 2. The minimum absolute atomic E-state index is 0.115. The minimum Gasteiger partial charge on any atom is -0.391 e. The topological polar surface area (TPSA) is 104 Å². The molecule has 1 atom stereocenters. The van der Waals surface area contributed by atoms with E-state index in [1.54, 1.807) is 23.4 Å². The average Bonchev–Trinajstić information content (AvgIpc) is 3.30. The maximum Gasteiger partial charge on any atom is 0.265 e. The zero-order valence-electron chi connectivity index (χ0n) is 18.1. The lowest BCUT2D eigenvalue weighted by molar-refractivity contribution is 0.0477. The van der Waals surface area contributed by atoms with Crippen LogP contribution in [0.1, 0.15) is 47.5 Å². The van der Waals surface area contributed by atoms with Crippen LogP contribution in [0.5, 0.6) is 0 Å². The molecular weight excluding hydrogens is 443 g/mol. The van der Waals surface area contributed by atoms with Crippen LogP contribution in [0.3, 0.4) is 0 Å². The number of piperidine rings is 1. The molecule has 33 heavy (non-hydrogen) atoms. The molecule has 0 radical (unpaired) electrons. The van der Waals surface area contributed by atoms with Crippen molar-refractivity contribution in [3.8, 4) is 10.7 Å². The van der Waals surface area contributed by atoms with Crippen LogP contribution in [0.2, 0.25) is 0 Å². The number of anilines is 1. The molecule has 2 N–H and O–H groups in total. The second-order valence-electron chi connectivity index (χ2n) is 8.70. The number of likely N-dealkylation sites (tertiary alicyclic amines) is 1. The number of carbonyl (C=O) groups excluding carboxylic acids is 1. The van der Waals surface area contributed by atoms with Crippen molar-refractivity contribution in [2.45, 2.75) is 43.6 Å². The van der Waals surface area contributed by atoms with Gasteiger partial charge >= 0.3 is 0 Å². The quantitative estimate of drug-likeness (QED) is 0.572. The van der Waals surface area contributed by atoms with Gasteiger partial charge in [-0.1, -0.05) is 6.42 Å². The summed E-state index contributed by atoms with van der Waals surface area (Å²) >= 11 is 1.27. The molecule has 172 valence electrons. The van der Waals surface area contributed by atoms with E-state index in [0.717, 1.165) is 32.1 Å². The number of nitrogens with zero attached hydrogens (tertiary/aromatic N) is 5. The number of halogens is 1. The number of β-amino-alcohol motifs (C(OH)–C–C–N with tert-alkyl or cyclic N) is 1. The summed E-state index contributed by atoms with van der Waals surface area (Å²) in [6.07, 6.45) is 7.05. The summed E-state index contributed by atoms with van der Waals surface area (Å²) in [4.78, 5) is 23.5. The second-order valence-corrected chi connectivity index (χ2v) is 9.73. The smallest absolute Gasteiger partial charge is 0.265 e. The lowest BCUT2D eigenvalue weighted by Crippen LogP contribution is -2.42. The molecule has 1 amide bonds. The van der Waals surface area contributed by atoms with Gasteiger partial charge in [0.25, 0.3) is 5.91 Å². The van der Waals surface area contributed by atoms with Crippen LogP contribution >= 0.6 is 11.3 Å². The van der Waals surface area contributed by atoms with Gasteiger partial charge in [-0.3, -0.25) is 9.78 Å². The molecule has 3 aromatic rings. The third-order valence-electron chi connectivity index (χ3n) is 6.46. The van der Waals surface area contributed by atoms with Crippen molar-refractivity contribution in [3.63, 3.8) is 0 Å². The van der Waals surface area contributed by atoms with Crippen LogP contribution in [0.25, 0.3) is 10.7 Å². The number of aliphatic hydroxyl groups excluding tert-OH is 1. The van der Waals surface area contributed by atoms with Gasteiger partial charge in [0.1, 0.15) is 27.2 Å². The zero-order valence-corrected chi connectivity index (χ0v) is 18.9. The van der Waals surface area contributed by atoms with Crippen LogP contribution < -0.4 is 5.32 Å². The highest BCUT2D eigenvalue weighted by Gasteiger charge is 2.41. The number of carbonyl (C=O) groups is 1. The molecule has 1 saturated carbocycles. The summed E-state index contributed by atoms with van der Waals surface area (Å²) in [5.74, 6) is 0.210. The Hall–Kier alpha value is -2.98. The first kappa shape index (κ1) is 21.8. The SMILES string of the molecule is O=C(c1cnc(-c2ccc(NCC3(c4ncccc4F)CCC3)nn2)s1)N1CCCC(O)C1. The van der Waals surface area contributed by atoms with E-state index in [4.69, 9.17) is 0 Å². The predicted molar refractivity (Wildman–Crippen MR) is 122 cm³/mol. The number of pyridine rings is 1. The first-order valence-corrected chi connectivity index (χ1v) is 12.0. The third kappa shape index (κ3) is 4.45. The van der Waals surface area contributed by atoms with Crippen molar-refractivity contribution in [2.24, 2.45) is 0 Å². The molecule has 10 heteroatoms. The van der Waals surface area contributed by atoms with Crippen molar-refractivity contribution in [2.75, 3.05) is 25.0 Å². The number of hydrogen-bond acceptors (Lipinski definition) is 8. The van der Waals surface area contributed by atoms with Crippen LogP contribution in [0.4, 0.5) is 10.2 Å². The highest BCUT2D eigenvalue weighted by molar-refractivity contribution is 7.16. The van der Waals surface area contributed by atoms with Crippen molar-refractivity contribution < 1.29 is 14.3 Å². The van der Waals surface area contributed by atoms with Crippen LogP contribution in [0, 0.1) is 5.82 Å². The maximum absolute atomic E-state index is 14.3. The molecule has 2 fully saturated rings. The fraction of sp³-hybridized carbons (Fsp3) is 0.435. The number of aliphatic hydroxyl groups is 1. The summed E-state index contributed by atoms with van der Waals surface area (Å²) in [5, 5.41) is 22.2. The van der Waals surface area contributed by atoms with Crippen molar-refractivity contribution in [1.82, 2.24) is 25.1 Å². The molecular formula is C23H25FN6O2S. The van der Waals surface area contributed by atoms with Gasteiger partial charge in [-0.05, 0) is 49.9 Å². The lowest BCUT2D eigenvalue weighted by atomic mass is 9.66. The molecule has 0 aromatic carbocycles. The molecule has 1 aliphatic heterocycles. The minimum atomic E-state index is -0.464. The summed E-state index contributed by atoms with van der Waals surface area (Å²) in [7, 11) is 0. The van der Waals surface area contributed by atoms with Gasteiger partial charge in [0.2, 0.25) is 0 Å². The largest absolute Gasteiger partial charge is 0.391 e. The Morgan fingerprint density at radius 2 is 2.12 bits per heavy atom. The van der Waals surface area contributed by atoms with Gasteiger partial charge in [-0.15, -0.1) is 21.5 Å². The number of amides is 1. The van der Waals surface area contributed by atoms with Crippen LogP contribution in [-0.4, -0.2) is 61.8 Å². The fourth-order valence-corrected chi connectivity index (χ4v) is 5.31. The molecule has 4 heterocycles. The second kappa shape index (κ2) is 9.11. The number of nitrogens with one attached hydrogen (secondary N) is 1. The molecule has 1 aliphatic carbocycles. The van der Waals surface area contributed by atoms with Crippen molar-refractivity contribution in [1.29, 1.82) is 0 Å². The van der Waals surface area contributed by atoms with Gasteiger partial charge in [-0.2, -0.15) is 0 Å². The number of thiazole rings is 1. The van der Waals surface area contributed by atoms with Crippen LogP contribution in [0.15, 0.2) is 36.7 Å². The van der Waals surface area contributed by atoms with Gasteiger partial charge in [-0.25, -0.2) is 9.37 Å². The highest BCUT2D eigenvalue weighted by atomic mass is 32.1. The van der Waals surface area contributed by atoms with Crippen molar-refractivity contribution in [3.05, 3.63) is 53.0 Å². The van der Waals surface area contributed by atoms with E-state index < -0.39 is 6.10 Å². The average molecular weight is 469 g/mol. The summed E-state index contributed by atoms with van der Waals surface area (Å²) in [6.45, 7) is 1.54. The number of aromatic nitrogens is 4. The fourth-order valence-electron chi connectivity index (χ4n) is 4.46. The Balaban J connectivity index is 1.24. The standard InChI is InChI=1S/C23H25FN6O2S/c24-16-5-1-10-25-20(16)23(8-3-9-23)14-27-19-7-6-17(28-29-19)21-26-12-18(33-21)22(32)30-11-2-4-15(31)13-30/h1,5-7,10,12,15,31H,2-4,8-9,11,13-14H2,(H,27,29). The van der Waals surface area contributed by atoms with Gasteiger partial charge < -0.3 is 15.3 Å². The Morgan fingerprint density at radius 1 is 1.24 bits per heavy atom. The molecule has 0 spiro atoms. The van der Waals surface area contributed by atoms with Gasteiger partial charge in [0, 0.05) is 31.2 Å². The van der Waals surface area contributed by atoms with E-state index in [2.05, 4.69) is 25.5 Å². The summed E-state index contributed by atoms with van der Waals surface area (Å²) in [5.41, 5.74) is 0.769. The molecule has 1 saturated heterocycles. The van der Waals surface area contributed by atoms with E-state index in [1.165, 1.54) is 17.4 Å². The first-order chi connectivity index (χ1) is 16.0. The Kier molecular flexibility index (Phi) is 6.03. The molecule has 5 rings (SSSR count). The normalized spacial score (nSPS) is 19.7. The third-order valence-corrected chi connectivity index (χ3v) is 7.47. The van der Waals surface area contributed by atoms with Gasteiger partial charge in [0.15, 0.2) is 0 Å². The molecule has 1 unspecified atom stereocenters. The Labute approximate surface area is 194 Å². The summed E-state index contributed by atoms with van der Waals surface area (Å²) < 4.78 is 14.3. The Bertz CT molecular complexity index is 1130. The monoisotopic (exact) mass is 468 g/mol. The molecule has 8 nitrogen and oxygen atoms in total. The van der Waals surface area contributed by atoms with Crippen LogP contribution in [-0.2, 0) is 5.41 Å². The summed E-state index contributed by atoms with van der Waals surface area (Å²) in [6, 6.07) is 6.68. The molecule has 0 bridgehead atoms. The van der Waals surface area contributed by atoms with E-state index in [0.29, 0.717) is 46.7 Å². The zero-order chi connectivity index (χ0) is 22.8. The predicted octanol–water partition coefficient (Wildman–Crippen LogP) is 3.26. The van der Waals surface area contributed by atoms with E-state index in [1.807, 2.05) is 12.1 Å². The van der Waals surface area contributed by atoms with E-state index >= 15 is 0 Å². The molecule has 2 aliphatic rings. The molecule has 3 aromatic heterocycles. The Morgan fingerprint density at radius 3 is 2.82 bits per heavy atom. The lowest BCUT2D eigenvalue weighted by Gasteiger charge is -2.41. The highest BCUT2D eigenvalue weighted by Crippen LogP contribution is 2.43. The number of rotatable bonds is 6. The van der Waals surface area contributed by atoms with Gasteiger partial charge in [0.05, 0.1) is 18.0 Å². The maximum atomic E-state index is 14.3. The first-order valence-electron chi connectivity index (χ1n) is 11.2.